The molecule has 0 radical (unpaired) electrons. The van der Waals surface area contributed by atoms with Crippen LogP contribution in [0.5, 0.6) is 0 Å². The molecule has 0 fully saturated rings. The van der Waals surface area contributed by atoms with Crippen LogP contribution in [0.2, 0.25) is 5.28 Å². The summed E-state index contributed by atoms with van der Waals surface area (Å²) < 4.78 is 45.1. The first-order chi connectivity index (χ1) is 15.6. The second kappa shape index (κ2) is 10.0. The molecule has 11 heteroatoms. The molecule has 3 rings (SSSR count). The highest BCUT2D eigenvalue weighted by Crippen LogP contribution is 2.30. The first-order valence-electron chi connectivity index (χ1n) is 9.90. The molecule has 1 N–H and O–H groups in total. The number of esters is 1. The molecule has 0 atom stereocenters. The predicted molar refractivity (Wildman–Crippen MR) is 118 cm³/mol. The van der Waals surface area contributed by atoms with E-state index in [2.05, 4.69) is 20.3 Å². The number of carbonyl (C=O) groups excluding carboxylic acids is 1. The van der Waals surface area contributed by atoms with Crippen LogP contribution in [-0.2, 0) is 29.3 Å². The number of aryl methyl sites for hydroxylation is 1. The average molecular weight is 480 g/mol. The van der Waals surface area contributed by atoms with Gasteiger partial charge in [-0.15, -0.1) is 0 Å². The minimum atomic E-state index is -4.50. The van der Waals surface area contributed by atoms with Gasteiger partial charge in [0.15, 0.2) is 5.69 Å². The number of anilines is 1. The van der Waals surface area contributed by atoms with Crippen LogP contribution < -0.4 is 5.32 Å². The maximum Gasteiger partial charge on any atom is 0.434 e. The summed E-state index contributed by atoms with van der Waals surface area (Å²) >= 11 is 5.92. The molecule has 2 heterocycles. The number of nitrogens with zero attached hydrogens (tertiary/aromatic N) is 4. The van der Waals surface area contributed by atoms with Crippen LogP contribution in [0.1, 0.15) is 30.7 Å². The van der Waals surface area contributed by atoms with Crippen LogP contribution in [0, 0.1) is 0 Å². The van der Waals surface area contributed by atoms with Crippen molar-refractivity contribution in [1.82, 2.24) is 19.5 Å². The summed E-state index contributed by atoms with van der Waals surface area (Å²) in [4.78, 5) is 23.7. The lowest BCUT2D eigenvalue weighted by Gasteiger charge is -2.10. The SMILES string of the molecule is CCOC(=O)/C(C)=C/c1cnc(Cl)nc1NCc1ccc(-c2nc(C(F)(F)F)cn2C)cc1. The molecule has 0 saturated carbocycles. The molecule has 0 saturated heterocycles. The van der Waals surface area contributed by atoms with E-state index in [1.807, 2.05) is 0 Å². The fraction of sp³-hybridized carbons (Fsp3) is 0.273. The highest BCUT2D eigenvalue weighted by molar-refractivity contribution is 6.28. The van der Waals surface area contributed by atoms with E-state index in [-0.39, 0.29) is 17.7 Å². The molecule has 3 aromatic rings. The van der Waals surface area contributed by atoms with E-state index in [0.717, 1.165) is 11.8 Å². The van der Waals surface area contributed by atoms with E-state index < -0.39 is 17.8 Å². The summed E-state index contributed by atoms with van der Waals surface area (Å²) in [5.41, 5.74) is 1.38. The first kappa shape index (κ1) is 24.2. The molecule has 0 aliphatic heterocycles. The van der Waals surface area contributed by atoms with Crippen molar-refractivity contribution in [3.8, 4) is 11.4 Å². The minimum Gasteiger partial charge on any atom is -0.463 e. The monoisotopic (exact) mass is 479 g/mol. The Labute approximate surface area is 193 Å². The minimum absolute atomic E-state index is 0.0361. The van der Waals surface area contributed by atoms with Gasteiger partial charge in [0, 0.05) is 42.7 Å². The topological polar surface area (TPSA) is 81.9 Å². The number of hydrogen-bond donors (Lipinski definition) is 1. The second-order valence-electron chi connectivity index (χ2n) is 7.10. The quantitative estimate of drug-likeness (QED) is 0.287. The number of aromatic nitrogens is 4. The van der Waals surface area contributed by atoms with Crippen molar-refractivity contribution in [2.24, 2.45) is 7.05 Å². The number of imidazole rings is 1. The molecule has 7 nitrogen and oxygen atoms in total. The Kier molecular flexibility index (Phi) is 7.37. The summed E-state index contributed by atoms with van der Waals surface area (Å²) in [5, 5.41) is 3.18. The van der Waals surface area contributed by atoms with E-state index in [4.69, 9.17) is 16.3 Å². The van der Waals surface area contributed by atoms with Crippen molar-refractivity contribution in [3.63, 3.8) is 0 Å². The second-order valence-corrected chi connectivity index (χ2v) is 7.44. The Bertz CT molecular complexity index is 1170. The van der Waals surface area contributed by atoms with Crippen molar-refractivity contribution >= 4 is 29.5 Å². The molecule has 0 bridgehead atoms. The Hall–Kier alpha value is -3.40. The van der Waals surface area contributed by atoms with E-state index in [1.165, 1.54) is 17.8 Å². The number of rotatable bonds is 7. The maximum absolute atomic E-state index is 12.9. The lowest BCUT2D eigenvalue weighted by atomic mass is 10.1. The predicted octanol–water partition coefficient (Wildman–Crippen LogP) is 5.13. The van der Waals surface area contributed by atoms with Gasteiger partial charge < -0.3 is 14.6 Å². The number of benzene rings is 1. The van der Waals surface area contributed by atoms with Gasteiger partial charge in [-0.2, -0.15) is 13.2 Å². The fourth-order valence-corrected chi connectivity index (χ4v) is 3.12. The van der Waals surface area contributed by atoms with Gasteiger partial charge in [0.2, 0.25) is 5.28 Å². The molecule has 0 amide bonds. The number of carbonyl (C=O) groups is 1. The van der Waals surface area contributed by atoms with Crippen molar-refractivity contribution in [1.29, 1.82) is 0 Å². The summed E-state index contributed by atoms with van der Waals surface area (Å²) in [5.74, 6) is 0.185. The third-order valence-electron chi connectivity index (χ3n) is 4.60. The van der Waals surface area contributed by atoms with Gasteiger partial charge >= 0.3 is 12.1 Å². The fourth-order valence-electron chi connectivity index (χ4n) is 2.98. The van der Waals surface area contributed by atoms with Gasteiger partial charge in [0.1, 0.15) is 11.6 Å². The maximum atomic E-state index is 12.9. The van der Waals surface area contributed by atoms with Crippen molar-refractivity contribution in [3.05, 3.63) is 64.3 Å². The molecule has 0 spiro atoms. The zero-order valence-electron chi connectivity index (χ0n) is 18.1. The molecule has 2 aromatic heterocycles. The number of alkyl halides is 3. The van der Waals surface area contributed by atoms with E-state index in [9.17, 15) is 18.0 Å². The lowest BCUT2D eigenvalue weighted by Crippen LogP contribution is -2.07. The molecular weight excluding hydrogens is 459 g/mol. The highest BCUT2D eigenvalue weighted by atomic mass is 35.5. The smallest absolute Gasteiger partial charge is 0.434 e. The van der Waals surface area contributed by atoms with E-state index in [0.29, 0.717) is 29.1 Å². The largest absolute Gasteiger partial charge is 0.463 e. The van der Waals surface area contributed by atoms with Crippen LogP contribution in [0.15, 0.2) is 42.2 Å². The van der Waals surface area contributed by atoms with Gasteiger partial charge in [0.05, 0.1) is 6.61 Å². The van der Waals surface area contributed by atoms with Gasteiger partial charge in [-0.1, -0.05) is 24.3 Å². The zero-order valence-corrected chi connectivity index (χ0v) is 18.8. The van der Waals surface area contributed by atoms with Crippen LogP contribution in [-0.4, -0.2) is 32.1 Å². The van der Waals surface area contributed by atoms with E-state index in [1.54, 1.807) is 44.2 Å². The summed E-state index contributed by atoms with van der Waals surface area (Å²) in [6, 6.07) is 6.93. The zero-order chi connectivity index (χ0) is 24.2. The van der Waals surface area contributed by atoms with Gasteiger partial charge in [0.25, 0.3) is 0 Å². The third-order valence-corrected chi connectivity index (χ3v) is 4.78. The Morgan fingerprint density at radius 3 is 2.55 bits per heavy atom. The third kappa shape index (κ3) is 6.10. The average Bonchev–Trinajstić information content (AvgIpc) is 3.16. The standard InChI is InChI=1S/C22H21ClF3N5O2/c1-4-33-20(32)13(2)9-16-11-28-21(23)30-18(16)27-10-14-5-7-15(8-6-14)19-29-17(12-31(19)3)22(24,25)26/h5-9,11-12H,4,10H2,1-3H3,(H,27,28,30)/b13-9+. The molecule has 174 valence electrons. The normalized spacial score (nSPS) is 12.0. The Balaban J connectivity index is 1.76. The number of nitrogens with one attached hydrogen (secondary N) is 1. The van der Waals surface area contributed by atoms with Gasteiger partial charge in [-0.05, 0) is 37.1 Å². The Morgan fingerprint density at radius 2 is 1.94 bits per heavy atom. The Morgan fingerprint density at radius 1 is 1.24 bits per heavy atom. The number of ether oxygens (including phenoxy) is 1. The van der Waals surface area contributed by atoms with Crippen LogP contribution in [0.3, 0.4) is 0 Å². The van der Waals surface area contributed by atoms with Crippen LogP contribution in [0.25, 0.3) is 17.5 Å². The molecule has 0 aliphatic rings. The summed E-state index contributed by atoms with van der Waals surface area (Å²) in [7, 11) is 1.51. The van der Waals surface area contributed by atoms with Gasteiger partial charge in [-0.3, -0.25) is 0 Å². The summed E-state index contributed by atoms with van der Waals surface area (Å²) in [6.45, 7) is 3.95. The van der Waals surface area contributed by atoms with Crippen molar-refractivity contribution in [2.45, 2.75) is 26.6 Å². The van der Waals surface area contributed by atoms with Gasteiger partial charge in [-0.25, -0.2) is 19.7 Å². The summed E-state index contributed by atoms with van der Waals surface area (Å²) in [6.07, 6.45) is -0.463. The van der Waals surface area contributed by atoms with Crippen molar-refractivity contribution < 1.29 is 22.7 Å². The molecule has 1 aromatic carbocycles. The molecular formula is C22H21ClF3N5O2. The van der Waals surface area contributed by atoms with E-state index >= 15 is 0 Å². The molecule has 0 aliphatic carbocycles. The number of halogens is 4. The first-order valence-corrected chi connectivity index (χ1v) is 10.3. The molecule has 33 heavy (non-hydrogen) atoms. The highest BCUT2D eigenvalue weighted by Gasteiger charge is 2.34. The van der Waals surface area contributed by atoms with Crippen molar-refractivity contribution in [2.75, 3.05) is 11.9 Å². The van der Waals surface area contributed by atoms with Crippen LogP contribution in [0.4, 0.5) is 19.0 Å². The lowest BCUT2D eigenvalue weighted by molar-refractivity contribution is -0.141. The van der Waals surface area contributed by atoms with Crippen LogP contribution >= 0.6 is 11.6 Å². The molecule has 0 unspecified atom stereocenters. The number of hydrogen-bond acceptors (Lipinski definition) is 6.